The molecule has 2 aliphatic carbocycles. The zero-order valence-electron chi connectivity index (χ0n) is 30.5. The molecule has 2 aromatic heterocycles. The van der Waals surface area contributed by atoms with Gasteiger partial charge in [0.2, 0.25) is 5.91 Å². The minimum absolute atomic E-state index is 0.0525. The van der Waals surface area contributed by atoms with Gasteiger partial charge in [0.05, 0.1) is 46.9 Å². The van der Waals surface area contributed by atoms with E-state index in [2.05, 4.69) is 22.0 Å². The van der Waals surface area contributed by atoms with Crippen LogP contribution >= 0.6 is 23.2 Å². The first-order valence-corrected chi connectivity index (χ1v) is 21.6. The molecule has 11 nitrogen and oxygen atoms in total. The van der Waals surface area contributed by atoms with E-state index in [9.17, 15) is 18.5 Å². The van der Waals surface area contributed by atoms with Crippen LogP contribution in [0.2, 0.25) is 10.0 Å². The molecule has 2 aromatic carbocycles. The fraction of sp³-hybridized carbons (Fsp3) is 0.525. The Bertz CT molecular complexity index is 2410. The van der Waals surface area contributed by atoms with Gasteiger partial charge >= 0.3 is 0 Å². The molecule has 4 aromatic rings. The summed E-state index contributed by atoms with van der Waals surface area (Å²) in [6.45, 7) is 4.67. The second-order valence-electron chi connectivity index (χ2n) is 16.2. The molecule has 2 saturated carbocycles. The monoisotopic (exact) mass is 805 g/mol. The van der Waals surface area contributed by atoms with Crippen LogP contribution in [0.15, 0.2) is 30.3 Å². The van der Waals surface area contributed by atoms with Crippen LogP contribution in [0.25, 0.3) is 32.9 Å². The number of halogens is 3. The zero-order valence-corrected chi connectivity index (χ0v) is 32.8. The van der Waals surface area contributed by atoms with Crippen LogP contribution in [-0.4, -0.2) is 95.4 Å². The number of nitrogens with zero attached hydrogens (tertiary/aromatic N) is 6. The summed E-state index contributed by atoms with van der Waals surface area (Å²) in [6, 6.07) is 11.1. The van der Waals surface area contributed by atoms with Gasteiger partial charge in [0, 0.05) is 96.4 Å². The second kappa shape index (κ2) is 13.4. The van der Waals surface area contributed by atoms with Crippen molar-refractivity contribution in [3.8, 4) is 17.2 Å². The number of benzene rings is 2. The van der Waals surface area contributed by atoms with Crippen molar-refractivity contribution < 1.29 is 22.3 Å². The van der Waals surface area contributed by atoms with Crippen molar-refractivity contribution >= 4 is 61.1 Å². The van der Waals surface area contributed by atoms with Crippen molar-refractivity contribution in [1.29, 1.82) is 5.26 Å². The van der Waals surface area contributed by atoms with Crippen molar-refractivity contribution in [3.05, 3.63) is 63.1 Å². The maximum absolute atomic E-state index is 17.3. The lowest BCUT2D eigenvalue weighted by Gasteiger charge is -2.40. The van der Waals surface area contributed by atoms with Gasteiger partial charge in [-0.15, -0.1) is 0 Å². The number of hydrogen-bond acceptors (Lipinski definition) is 7. The number of likely N-dealkylation sites (tertiary alicyclic amines) is 1. The normalized spacial score (nSPS) is 28.2. The van der Waals surface area contributed by atoms with E-state index in [0.29, 0.717) is 78.8 Å². The highest BCUT2D eigenvalue weighted by atomic mass is 35.5. The summed E-state index contributed by atoms with van der Waals surface area (Å²) in [5, 5.41) is 15.4. The van der Waals surface area contributed by atoms with Crippen LogP contribution in [0.5, 0.6) is 0 Å². The Hall–Kier alpha value is -3.35. The van der Waals surface area contributed by atoms with E-state index in [-0.39, 0.29) is 71.0 Å². The third kappa shape index (κ3) is 5.57. The van der Waals surface area contributed by atoms with Crippen LogP contribution in [0, 0.1) is 41.8 Å². The number of ether oxygens (including phenoxy) is 1. The molecule has 5 aliphatic heterocycles. The summed E-state index contributed by atoms with van der Waals surface area (Å²) < 4.78 is 56.5. The number of carbonyl (C=O) groups is 1. The van der Waals surface area contributed by atoms with Crippen LogP contribution in [-0.2, 0) is 26.2 Å². The van der Waals surface area contributed by atoms with E-state index in [4.69, 9.17) is 32.9 Å². The third-order valence-corrected chi connectivity index (χ3v) is 15.9. The average Bonchev–Trinajstić information content (AvgIpc) is 3.46. The van der Waals surface area contributed by atoms with Gasteiger partial charge in [0.1, 0.15) is 5.52 Å². The Labute approximate surface area is 329 Å². The predicted molar refractivity (Wildman–Crippen MR) is 207 cm³/mol. The Morgan fingerprint density at radius 1 is 1.09 bits per heavy atom. The number of hydrogen-bond donors (Lipinski definition) is 1. The molecular formula is C40H42Cl2FN7O4S. The van der Waals surface area contributed by atoms with Crippen LogP contribution in [0.1, 0.15) is 61.1 Å². The topological polar surface area (TPSA) is 124 Å². The standard InChI is InChI=1S/C40H42Cl2FN7O4S/c1-21-28-17-32(38-25-14-26(49(38)40(51)22-7-8-22)20-48(19-25)55(52,53)47-10-12-54-13-11-47)50(37-24-16-31(37)45-18-24)39(28)29-15-23(4-3-9-44)33(35(43)36(29)46-21)27-5-2-6-30(41)34(27)42/h2,5-6,15,17,22,24-26,31,37-38,45H,3-4,7-8,10-14,16,18-20H2,1H3. The van der Waals surface area contributed by atoms with Gasteiger partial charge in [-0.1, -0.05) is 35.3 Å². The quantitative estimate of drug-likeness (QED) is 0.226. The maximum atomic E-state index is 17.3. The van der Waals surface area contributed by atoms with Gasteiger partial charge in [-0.3, -0.25) is 4.79 Å². The molecule has 4 bridgehead atoms. The van der Waals surface area contributed by atoms with E-state index in [1.807, 2.05) is 17.9 Å². The molecule has 5 saturated heterocycles. The number of pyridine rings is 1. The highest BCUT2D eigenvalue weighted by Gasteiger charge is 2.56. The lowest BCUT2D eigenvalue weighted by molar-refractivity contribution is -0.135. The molecule has 6 unspecified atom stereocenters. The number of carbonyl (C=O) groups excluding carboxylic acids is 1. The molecule has 0 radical (unpaired) electrons. The van der Waals surface area contributed by atoms with Crippen LogP contribution < -0.4 is 5.32 Å². The van der Waals surface area contributed by atoms with Crippen molar-refractivity contribution in [2.75, 3.05) is 45.9 Å². The highest BCUT2D eigenvalue weighted by Crippen LogP contribution is 2.54. The maximum Gasteiger partial charge on any atom is 0.282 e. The predicted octanol–water partition coefficient (Wildman–Crippen LogP) is 6.16. The molecule has 1 N–H and O–H groups in total. The highest BCUT2D eigenvalue weighted by molar-refractivity contribution is 7.86. The Morgan fingerprint density at radius 2 is 1.89 bits per heavy atom. The average molecular weight is 807 g/mol. The summed E-state index contributed by atoms with van der Waals surface area (Å²) in [4.78, 5) is 21.4. The molecule has 0 spiro atoms. The van der Waals surface area contributed by atoms with E-state index >= 15 is 4.39 Å². The second-order valence-corrected chi connectivity index (χ2v) is 18.9. The minimum atomic E-state index is -3.77. The Kier molecular flexibility index (Phi) is 8.75. The lowest BCUT2D eigenvalue weighted by Crippen LogP contribution is -2.53. The molecule has 1 amide bonds. The molecule has 55 heavy (non-hydrogen) atoms. The molecule has 288 valence electrons. The summed E-state index contributed by atoms with van der Waals surface area (Å²) in [5.41, 5.74) is 4.06. The van der Waals surface area contributed by atoms with E-state index in [1.165, 1.54) is 4.31 Å². The number of nitriles is 1. The van der Waals surface area contributed by atoms with Crippen molar-refractivity contribution in [3.63, 3.8) is 0 Å². The minimum Gasteiger partial charge on any atom is -0.379 e. The van der Waals surface area contributed by atoms with Gasteiger partial charge in [-0.25, -0.2) is 9.37 Å². The summed E-state index contributed by atoms with van der Waals surface area (Å²) in [5.74, 6) is -0.257. The number of nitrogens with one attached hydrogen (secondary N) is 1. The van der Waals surface area contributed by atoms with Gasteiger partial charge in [0.15, 0.2) is 5.82 Å². The Balaban J connectivity index is 1.19. The van der Waals surface area contributed by atoms with E-state index in [1.54, 1.807) is 22.5 Å². The fourth-order valence-electron chi connectivity index (χ4n) is 10.4. The van der Waals surface area contributed by atoms with Crippen LogP contribution in [0.4, 0.5) is 4.39 Å². The molecule has 6 atom stereocenters. The molecule has 15 heteroatoms. The molecular weight excluding hydrogens is 764 g/mol. The molecule has 11 rings (SSSR count). The summed E-state index contributed by atoms with van der Waals surface area (Å²) in [6.07, 6.45) is 3.89. The van der Waals surface area contributed by atoms with Gasteiger partial charge in [0.25, 0.3) is 10.2 Å². The first-order chi connectivity index (χ1) is 26.6. The number of amides is 1. The smallest absolute Gasteiger partial charge is 0.282 e. The number of piperidine rings is 1. The zero-order chi connectivity index (χ0) is 37.9. The Morgan fingerprint density at radius 3 is 2.60 bits per heavy atom. The van der Waals surface area contributed by atoms with Crippen molar-refractivity contribution in [2.45, 2.75) is 69.6 Å². The SMILES string of the molecule is Cc1nc2c(F)c(-c3cccc(Cl)c3Cl)c(CCC#N)cc2c2c1cc(C1C3CC(CN(S(=O)(=O)N4CCOCC4)C3)N1C(=O)C1CC1)n2C1C2CNC1C2. The largest absolute Gasteiger partial charge is 0.379 e. The third-order valence-electron chi connectivity index (χ3n) is 13.1. The first kappa shape index (κ1) is 36.0. The fourth-order valence-corrected chi connectivity index (χ4v) is 12.5. The van der Waals surface area contributed by atoms with Crippen molar-refractivity contribution in [2.24, 2.45) is 17.8 Å². The van der Waals surface area contributed by atoms with Gasteiger partial charge in [-0.05, 0) is 68.7 Å². The van der Waals surface area contributed by atoms with Gasteiger partial charge < -0.3 is 19.5 Å². The number of fused-ring (bicyclic) bond motifs is 6. The summed E-state index contributed by atoms with van der Waals surface area (Å²) >= 11 is 13.1. The number of aryl methyl sites for hydroxylation is 2. The van der Waals surface area contributed by atoms with E-state index < -0.39 is 16.0 Å². The molecule has 7 aliphatic rings. The molecule has 7 heterocycles. The number of morpholine rings is 1. The summed E-state index contributed by atoms with van der Waals surface area (Å²) in [7, 11) is -3.77. The lowest BCUT2D eigenvalue weighted by atomic mass is 9.79. The molecule has 7 fully saturated rings. The van der Waals surface area contributed by atoms with Gasteiger partial charge in [-0.2, -0.15) is 22.3 Å². The van der Waals surface area contributed by atoms with E-state index in [0.717, 1.165) is 42.4 Å². The van der Waals surface area contributed by atoms with Crippen molar-refractivity contribution in [1.82, 2.24) is 28.4 Å². The number of aromatic nitrogens is 2. The van der Waals surface area contributed by atoms with Crippen LogP contribution in [0.3, 0.4) is 0 Å². The number of rotatable bonds is 8. The first-order valence-electron chi connectivity index (χ1n) is 19.4.